The van der Waals surface area contributed by atoms with E-state index in [4.69, 9.17) is 0 Å². The highest BCUT2D eigenvalue weighted by atomic mass is 32.2. The van der Waals surface area contributed by atoms with Gasteiger partial charge in [0.25, 0.3) is 0 Å². The molecule has 6 atom stereocenters. The highest BCUT2D eigenvalue weighted by molar-refractivity contribution is 8.02. The van der Waals surface area contributed by atoms with E-state index in [1.54, 1.807) is 12.4 Å². The lowest BCUT2D eigenvalue weighted by molar-refractivity contribution is -0.351. The van der Waals surface area contributed by atoms with Gasteiger partial charge in [-0.3, -0.25) is 14.8 Å². The van der Waals surface area contributed by atoms with E-state index >= 15 is 0 Å². The monoisotopic (exact) mass is 419 g/mol. The molecule has 4 aliphatic rings. The van der Waals surface area contributed by atoms with Gasteiger partial charge in [-0.15, -0.1) is 13.2 Å². The minimum absolute atomic E-state index is 0.168. The number of alkyl halides is 3. The average molecular weight is 419 g/mol. The van der Waals surface area contributed by atoms with E-state index in [0.29, 0.717) is 19.4 Å². The highest BCUT2D eigenvalue weighted by Gasteiger charge is 2.47. The van der Waals surface area contributed by atoms with Crippen LogP contribution < -0.4 is 21.3 Å². The number of thioether (sulfide) groups is 1. The summed E-state index contributed by atoms with van der Waals surface area (Å²) in [5.41, 5.74) is -0.214. The van der Waals surface area contributed by atoms with Crippen molar-refractivity contribution in [3.8, 4) is 0 Å². The standard InChI is InChI=1S/C17H24F3N5O2S/c18-17(19,20)27-12-4-2-1-3-10(12)11-9-25-7-5-21-13(14(25)23-11)15(26)24-16-22-6-8-28-16/h5-8,10-14,16,21-23H,1-4,9H2,(H,24,26). The lowest BCUT2D eigenvalue weighted by Crippen LogP contribution is -2.61. The van der Waals surface area contributed by atoms with E-state index in [2.05, 4.69) is 26.0 Å². The van der Waals surface area contributed by atoms with Crippen molar-refractivity contribution < 1.29 is 22.7 Å². The van der Waals surface area contributed by atoms with Crippen molar-refractivity contribution in [1.29, 1.82) is 0 Å². The molecule has 0 aromatic rings. The van der Waals surface area contributed by atoms with E-state index < -0.39 is 18.5 Å². The van der Waals surface area contributed by atoms with Gasteiger partial charge < -0.3 is 20.9 Å². The molecule has 7 nitrogen and oxygen atoms in total. The van der Waals surface area contributed by atoms with Gasteiger partial charge in [-0.25, -0.2) is 0 Å². The maximum atomic E-state index is 12.8. The van der Waals surface area contributed by atoms with Gasteiger partial charge in [0.2, 0.25) is 5.91 Å². The number of halogens is 3. The quantitative estimate of drug-likeness (QED) is 0.548. The fourth-order valence-electron chi connectivity index (χ4n) is 4.44. The van der Waals surface area contributed by atoms with Crippen LogP contribution in [0.5, 0.6) is 0 Å². The molecular formula is C17H24F3N5O2S. The second kappa shape index (κ2) is 8.03. The predicted molar refractivity (Wildman–Crippen MR) is 98.2 cm³/mol. The summed E-state index contributed by atoms with van der Waals surface area (Å²) in [6.07, 6.45) is 2.25. The van der Waals surface area contributed by atoms with Gasteiger partial charge in [0.1, 0.15) is 12.2 Å². The van der Waals surface area contributed by atoms with Gasteiger partial charge in [-0.05, 0) is 18.2 Å². The number of fused-ring (bicyclic) bond motifs is 1. The topological polar surface area (TPSA) is 77.7 Å². The van der Waals surface area contributed by atoms with E-state index in [-0.39, 0.29) is 29.5 Å². The first kappa shape index (κ1) is 19.7. The molecule has 11 heteroatoms. The van der Waals surface area contributed by atoms with Crippen molar-refractivity contribution in [3.63, 3.8) is 0 Å². The first-order chi connectivity index (χ1) is 13.4. The molecule has 156 valence electrons. The number of hydrogen-bond donors (Lipinski definition) is 4. The third-order valence-corrected chi connectivity index (χ3v) is 6.47. The van der Waals surface area contributed by atoms with E-state index in [1.807, 2.05) is 16.5 Å². The molecule has 6 unspecified atom stereocenters. The Morgan fingerprint density at radius 1 is 1.21 bits per heavy atom. The number of ether oxygens (including phenoxy) is 1. The number of carbonyl (C=O) groups is 1. The van der Waals surface area contributed by atoms with Gasteiger partial charge in [0.15, 0.2) is 5.50 Å². The number of nitrogens with one attached hydrogen (secondary N) is 4. The van der Waals surface area contributed by atoms with Crippen molar-refractivity contribution in [2.45, 2.75) is 61.9 Å². The van der Waals surface area contributed by atoms with Crippen LogP contribution in [0.3, 0.4) is 0 Å². The van der Waals surface area contributed by atoms with Crippen LogP contribution in [0.25, 0.3) is 0 Å². The van der Waals surface area contributed by atoms with Crippen LogP contribution in [0, 0.1) is 5.92 Å². The van der Waals surface area contributed by atoms with Crippen LogP contribution in [0.2, 0.25) is 0 Å². The third-order valence-electron chi connectivity index (χ3n) is 5.65. The van der Waals surface area contributed by atoms with E-state index in [0.717, 1.165) is 12.8 Å². The lowest BCUT2D eigenvalue weighted by Gasteiger charge is -2.35. The zero-order chi connectivity index (χ0) is 19.7. The second-order valence-corrected chi connectivity index (χ2v) is 8.44. The zero-order valence-corrected chi connectivity index (χ0v) is 15.9. The summed E-state index contributed by atoms with van der Waals surface area (Å²) in [6.45, 7) is 0.549. The fourth-order valence-corrected chi connectivity index (χ4v) is 5.10. The minimum atomic E-state index is -4.63. The molecule has 4 rings (SSSR count). The number of amides is 1. The van der Waals surface area contributed by atoms with Crippen LogP contribution >= 0.6 is 11.8 Å². The highest BCUT2D eigenvalue weighted by Crippen LogP contribution is 2.36. The smallest absolute Gasteiger partial charge is 0.376 e. The Labute approximate surface area is 165 Å². The molecule has 2 fully saturated rings. The van der Waals surface area contributed by atoms with Crippen molar-refractivity contribution in [3.05, 3.63) is 24.0 Å². The molecule has 1 amide bonds. The summed E-state index contributed by atoms with van der Waals surface area (Å²) < 4.78 is 42.9. The molecule has 0 spiro atoms. The normalized spacial score (nSPS) is 37.3. The van der Waals surface area contributed by atoms with Crippen molar-refractivity contribution in [2.24, 2.45) is 5.92 Å². The molecule has 1 saturated carbocycles. The predicted octanol–water partition coefficient (Wildman–Crippen LogP) is 1.33. The summed E-state index contributed by atoms with van der Waals surface area (Å²) in [7, 11) is 0. The second-order valence-electron chi connectivity index (χ2n) is 7.42. The Morgan fingerprint density at radius 3 is 2.79 bits per heavy atom. The third kappa shape index (κ3) is 4.36. The molecule has 0 bridgehead atoms. The van der Waals surface area contributed by atoms with Crippen LogP contribution in [-0.2, 0) is 9.53 Å². The molecule has 0 radical (unpaired) electrons. The maximum Gasteiger partial charge on any atom is 0.522 e. The maximum absolute atomic E-state index is 12.8. The molecule has 3 aliphatic heterocycles. The summed E-state index contributed by atoms with van der Waals surface area (Å²) >= 11 is 1.46. The van der Waals surface area contributed by atoms with Crippen LogP contribution in [0.15, 0.2) is 24.0 Å². The number of rotatable bonds is 4. The first-order valence-corrected chi connectivity index (χ1v) is 10.4. The Hall–Kier alpha value is -1.59. The van der Waals surface area contributed by atoms with Gasteiger partial charge in [-0.1, -0.05) is 24.6 Å². The van der Waals surface area contributed by atoms with Crippen LogP contribution in [0.1, 0.15) is 25.7 Å². The van der Waals surface area contributed by atoms with Gasteiger partial charge >= 0.3 is 6.36 Å². The SMILES string of the molecule is O=C(NC1NC=CS1)C1NC=CN2CC(C3CCCCC3OC(F)(F)F)NC12. The Bertz CT molecular complexity index is 639. The Morgan fingerprint density at radius 2 is 2.04 bits per heavy atom. The van der Waals surface area contributed by atoms with E-state index in [1.165, 1.54) is 11.8 Å². The average Bonchev–Trinajstić information content (AvgIpc) is 3.29. The lowest BCUT2D eigenvalue weighted by atomic mass is 9.81. The van der Waals surface area contributed by atoms with Crippen molar-refractivity contribution in [1.82, 2.24) is 26.2 Å². The largest absolute Gasteiger partial charge is 0.522 e. The molecule has 0 aromatic heterocycles. The summed E-state index contributed by atoms with van der Waals surface area (Å²) in [5, 5.41) is 14.3. The summed E-state index contributed by atoms with van der Waals surface area (Å²) in [6, 6.07) is -0.707. The van der Waals surface area contributed by atoms with Crippen molar-refractivity contribution in [2.75, 3.05) is 6.54 Å². The van der Waals surface area contributed by atoms with Gasteiger partial charge in [-0.2, -0.15) is 0 Å². The zero-order valence-electron chi connectivity index (χ0n) is 15.1. The fraction of sp³-hybridized carbons (Fsp3) is 0.706. The molecule has 0 aromatic carbocycles. The summed E-state index contributed by atoms with van der Waals surface area (Å²) in [5.74, 6) is -0.415. The molecule has 4 N–H and O–H groups in total. The molecule has 28 heavy (non-hydrogen) atoms. The Balaban J connectivity index is 1.41. The number of carbonyl (C=O) groups excluding carboxylic acids is 1. The molecular weight excluding hydrogens is 395 g/mol. The Kier molecular flexibility index (Phi) is 5.66. The molecule has 1 aliphatic carbocycles. The summed E-state index contributed by atoms with van der Waals surface area (Å²) in [4.78, 5) is 14.7. The number of hydrogen-bond acceptors (Lipinski definition) is 7. The van der Waals surface area contributed by atoms with Gasteiger partial charge in [0, 0.05) is 37.1 Å². The molecule has 3 heterocycles. The number of nitrogens with zero attached hydrogens (tertiary/aromatic N) is 1. The first-order valence-electron chi connectivity index (χ1n) is 9.47. The minimum Gasteiger partial charge on any atom is -0.376 e. The van der Waals surface area contributed by atoms with Crippen LogP contribution in [-0.4, -0.2) is 53.6 Å². The molecule has 1 saturated heterocycles. The van der Waals surface area contributed by atoms with Gasteiger partial charge in [0.05, 0.1) is 6.10 Å². The van der Waals surface area contributed by atoms with Crippen LogP contribution in [0.4, 0.5) is 13.2 Å². The van der Waals surface area contributed by atoms with Crippen molar-refractivity contribution >= 4 is 17.7 Å². The van der Waals surface area contributed by atoms with E-state index in [9.17, 15) is 18.0 Å².